The molecule has 1 fully saturated rings. The van der Waals surface area contributed by atoms with E-state index >= 15 is 0 Å². The SMILES string of the molecule is C[C@@H]1CCC/C(=C/Nc2cc(Cl)cc(Cl)c2)C1=O. The number of hydrogen-bond acceptors (Lipinski definition) is 2. The van der Waals surface area contributed by atoms with Crippen molar-refractivity contribution in [1.29, 1.82) is 0 Å². The van der Waals surface area contributed by atoms with Crippen LogP contribution in [0.3, 0.4) is 0 Å². The zero-order chi connectivity index (χ0) is 13.1. The summed E-state index contributed by atoms with van der Waals surface area (Å²) < 4.78 is 0. The highest BCUT2D eigenvalue weighted by Crippen LogP contribution is 2.26. The second kappa shape index (κ2) is 5.77. The first kappa shape index (κ1) is 13.4. The summed E-state index contributed by atoms with van der Waals surface area (Å²) in [5.74, 6) is 0.372. The Bertz CT molecular complexity index is 476. The van der Waals surface area contributed by atoms with Crippen LogP contribution in [0, 0.1) is 5.92 Å². The highest BCUT2D eigenvalue weighted by Gasteiger charge is 2.22. The lowest BCUT2D eigenvalue weighted by atomic mass is 9.86. The van der Waals surface area contributed by atoms with Gasteiger partial charge in [0.25, 0.3) is 0 Å². The molecule has 0 heterocycles. The van der Waals surface area contributed by atoms with Gasteiger partial charge in [-0.15, -0.1) is 0 Å². The van der Waals surface area contributed by atoms with Gasteiger partial charge in [-0.2, -0.15) is 0 Å². The van der Waals surface area contributed by atoms with Crippen molar-refractivity contribution in [1.82, 2.24) is 0 Å². The molecule has 18 heavy (non-hydrogen) atoms. The van der Waals surface area contributed by atoms with E-state index in [-0.39, 0.29) is 11.7 Å². The van der Waals surface area contributed by atoms with E-state index in [0.29, 0.717) is 10.0 Å². The first-order chi connectivity index (χ1) is 8.56. The predicted octanol–water partition coefficient (Wildman–Crippen LogP) is 4.68. The summed E-state index contributed by atoms with van der Waals surface area (Å²) in [6.07, 6.45) is 4.67. The number of hydrogen-bond donors (Lipinski definition) is 1. The summed E-state index contributed by atoms with van der Waals surface area (Å²) in [6, 6.07) is 5.23. The molecule has 1 atom stereocenters. The molecule has 0 aliphatic heterocycles. The number of Topliss-reactive ketones (excluding diaryl/α,β-unsaturated/α-hetero) is 1. The fourth-order valence-corrected chi connectivity index (χ4v) is 2.65. The molecular weight excluding hydrogens is 269 g/mol. The highest BCUT2D eigenvalue weighted by atomic mass is 35.5. The van der Waals surface area contributed by atoms with Crippen molar-refractivity contribution < 1.29 is 4.79 Å². The van der Waals surface area contributed by atoms with Crippen molar-refractivity contribution in [2.45, 2.75) is 26.2 Å². The largest absolute Gasteiger partial charge is 0.361 e. The Morgan fingerprint density at radius 3 is 2.61 bits per heavy atom. The second-order valence-corrected chi connectivity index (χ2v) is 5.50. The van der Waals surface area contributed by atoms with Crippen molar-refractivity contribution in [3.63, 3.8) is 0 Å². The zero-order valence-electron chi connectivity index (χ0n) is 10.2. The first-order valence-electron chi connectivity index (χ1n) is 6.02. The third-order valence-corrected chi connectivity index (χ3v) is 3.56. The third-order valence-electron chi connectivity index (χ3n) is 3.12. The summed E-state index contributed by atoms with van der Waals surface area (Å²) >= 11 is 11.8. The number of halogens is 2. The molecule has 0 unspecified atom stereocenters. The van der Waals surface area contributed by atoms with E-state index < -0.39 is 0 Å². The Balaban J connectivity index is 2.12. The minimum absolute atomic E-state index is 0.134. The Morgan fingerprint density at radius 1 is 1.28 bits per heavy atom. The monoisotopic (exact) mass is 283 g/mol. The Morgan fingerprint density at radius 2 is 1.94 bits per heavy atom. The van der Waals surface area contributed by atoms with Gasteiger partial charge >= 0.3 is 0 Å². The van der Waals surface area contributed by atoms with Crippen LogP contribution in [-0.2, 0) is 4.79 Å². The van der Waals surface area contributed by atoms with Gasteiger partial charge in [-0.3, -0.25) is 4.79 Å². The Kier molecular flexibility index (Phi) is 4.31. The van der Waals surface area contributed by atoms with E-state index in [1.54, 1.807) is 24.4 Å². The number of nitrogens with one attached hydrogen (secondary N) is 1. The standard InChI is InChI=1S/C14H15Cl2NO/c1-9-3-2-4-10(14(9)18)8-17-13-6-11(15)5-12(16)7-13/h5-9,17H,2-4H2,1H3/b10-8-/t9-/m1/s1. The summed E-state index contributed by atoms with van der Waals surface area (Å²) in [4.78, 5) is 11.9. The van der Waals surface area contributed by atoms with E-state index in [2.05, 4.69) is 5.32 Å². The maximum atomic E-state index is 11.9. The van der Waals surface area contributed by atoms with Crippen molar-refractivity contribution in [2.24, 2.45) is 5.92 Å². The van der Waals surface area contributed by atoms with Gasteiger partial charge in [0.05, 0.1) is 0 Å². The lowest BCUT2D eigenvalue weighted by Gasteiger charge is -2.19. The van der Waals surface area contributed by atoms with E-state index in [4.69, 9.17) is 23.2 Å². The lowest BCUT2D eigenvalue weighted by molar-refractivity contribution is -0.119. The normalized spacial score (nSPS) is 22.3. The van der Waals surface area contributed by atoms with Gasteiger partial charge in [0.1, 0.15) is 0 Å². The van der Waals surface area contributed by atoms with Crippen LogP contribution in [-0.4, -0.2) is 5.78 Å². The van der Waals surface area contributed by atoms with Crippen molar-refractivity contribution >= 4 is 34.7 Å². The second-order valence-electron chi connectivity index (χ2n) is 4.63. The predicted molar refractivity (Wildman–Crippen MR) is 76.2 cm³/mol. The fraction of sp³-hybridized carbons (Fsp3) is 0.357. The van der Waals surface area contributed by atoms with E-state index in [1.165, 1.54) is 0 Å². The van der Waals surface area contributed by atoms with Gasteiger partial charge in [0, 0.05) is 33.4 Å². The molecule has 0 aromatic heterocycles. The average molecular weight is 284 g/mol. The average Bonchev–Trinajstić information content (AvgIpc) is 2.30. The number of benzene rings is 1. The maximum absolute atomic E-state index is 11.9. The Hall–Kier alpha value is -0.990. The van der Waals surface area contributed by atoms with Crippen LogP contribution in [0.5, 0.6) is 0 Å². The summed E-state index contributed by atoms with van der Waals surface area (Å²) in [7, 11) is 0. The van der Waals surface area contributed by atoms with Crippen LogP contribution in [0.4, 0.5) is 5.69 Å². The molecule has 1 aromatic carbocycles. The molecule has 4 heteroatoms. The number of anilines is 1. The third kappa shape index (κ3) is 3.27. The molecule has 1 aliphatic rings. The fourth-order valence-electron chi connectivity index (χ4n) is 2.12. The van der Waals surface area contributed by atoms with Gasteiger partial charge in [-0.25, -0.2) is 0 Å². The van der Waals surface area contributed by atoms with E-state index in [0.717, 1.165) is 30.5 Å². The number of allylic oxidation sites excluding steroid dienone is 1. The maximum Gasteiger partial charge on any atom is 0.163 e. The topological polar surface area (TPSA) is 29.1 Å². The lowest BCUT2D eigenvalue weighted by Crippen LogP contribution is -2.19. The number of rotatable bonds is 2. The van der Waals surface area contributed by atoms with Crippen LogP contribution < -0.4 is 5.32 Å². The molecule has 96 valence electrons. The molecule has 0 radical (unpaired) electrons. The van der Waals surface area contributed by atoms with Gasteiger partial charge in [-0.05, 0) is 37.5 Å². The number of carbonyl (C=O) groups is 1. The van der Waals surface area contributed by atoms with Crippen LogP contribution in [0.2, 0.25) is 10.0 Å². The summed E-state index contributed by atoms with van der Waals surface area (Å²) in [6.45, 7) is 1.98. The number of carbonyl (C=O) groups excluding carboxylic acids is 1. The molecule has 2 nitrogen and oxygen atoms in total. The van der Waals surface area contributed by atoms with Gasteiger partial charge in [0.2, 0.25) is 0 Å². The highest BCUT2D eigenvalue weighted by molar-refractivity contribution is 6.35. The van der Waals surface area contributed by atoms with Gasteiger partial charge < -0.3 is 5.32 Å². The summed E-state index contributed by atoms with van der Waals surface area (Å²) in [5, 5.41) is 4.25. The molecular formula is C14H15Cl2NO. The van der Waals surface area contributed by atoms with Crippen molar-refractivity contribution in [3.8, 4) is 0 Å². The summed E-state index contributed by atoms with van der Waals surface area (Å²) in [5.41, 5.74) is 1.65. The molecule has 0 spiro atoms. The molecule has 1 N–H and O–H groups in total. The molecule has 0 bridgehead atoms. The van der Waals surface area contributed by atoms with Gasteiger partial charge in [0.15, 0.2) is 5.78 Å². The molecule has 1 aliphatic carbocycles. The van der Waals surface area contributed by atoms with Crippen LogP contribution in [0.15, 0.2) is 30.0 Å². The minimum atomic E-state index is 0.134. The van der Waals surface area contributed by atoms with Crippen molar-refractivity contribution in [3.05, 3.63) is 40.0 Å². The quantitative estimate of drug-likeness (QED) is 0.799. The van der Waals surface area contributed by atoms with Crippen LogP contribution in [0.25, 0.3) is 0 Å². The molecule has 1 aromatic rings. The first-order valence-corrected chi connectivity index (χ1v) is 6.78. The molecule has 0 saturated heterocycles. The van der Waals surface area contributed by atoms with Crippen LogP contribution in [0.1, 0.15) is 26.2 Å². The van der Waals surface area contributed by atoms with Gasteiger partial charge in [-0.1, -0.05) is 30.1 Å². The van der Waals surface area contributed by atoms with Crippen molar-refractivity contribution in [2.75, 3.05) is 5.32 Å². The Labute approximate surface area is 117 Å². The van der Waals surface area contributed by atoms with E-state index in [9.17, 15) is 4.79 Å². The molecule has 1 saturated carbocycles. The molecule has 2 rings (SSSR count). The van der Waals surface area contributed by atoms with E-state index in [1.807, 2.05) is 6.92 Å². The molecule has 0 amide bonds. The minimum Gasteiger partial charge on any atom is -0.361 e. The number of ketones is 1. The zero-order valence-corrected chi connectivity index (χ0v) is 11.7. The van der Waals surface area contributed by atoms with Crippen LogP contribution >= 0.6 is 23.2 Å². The smallest absolute Gasteiger partial charge is 0.163 e.